The first-order valence-electron chi connectivity index (χ1n) is 9.81. The van der Waals surface area contributed by atoms with Gasteiger partial charge < -0.3 is 14.6 Å². The first-order chi connectivity index (χ1) is 13.2. The molecule has 0 aliphatic heterocycles. The van der Waals surface area contributed by atoms with Crippen LogP contribution in [0.4, 0.5) is 0 Å². The van der Waals surface area contributed by atoms with E-state index in [0.717, 1.165) is 24.4 Å². The zero-order valence-corrected chi connectivity index (χ0v) is 16.5. The fourth-order valence-corrected chi connectivity index (χ4v) is 4.31. The molecule has 1 aliphatic carbocycles. The topological polar surface area (TPSA) is 59.0 Å². The number of hydrogen-bond acceptors (Lipinski definition) is 4. The zero-order chi connectivity index (χ0) is 18.8. The fourth-order valence-electron chi connectivity index (χ4n) is 4.31. The third kappa shape index (κ3) is 3.77. The number of likely N-dealkylation sites (N-methyl/N-ethyl adjacent to an activating group) is 1. The second kappa shape index (κ2) is 7.82. The molecule has 6 nitrogen and oxygen atoms in total. The number of pyridine rings is 1. The lowest BCUT2D eigenvalue weighted by Gasteiger charge is -2.34. The summed E-state index contributed by atoms with van der Waals surface area (Å²) in [6.07, 6.45) is 13.0. The second-order valence-electron chi connectivity index (χ2n) is 7.75. The number of aromatic amines is 1. The molecule has 3 heterocycles. The van der Waals surface area contributed by atoms with Crippen LogP contribution < -0.4 is 0 Å². The molecule has 0 aromatic carbocycles. The van der Waals surface area contributed by atoms with E-state index in [-0.39, 0.29) is 0 Å². The Labute approximate surface area is 160 Å². The fraction of sp³-hybridized carbons (Fsp3) is 0.524. The summed E-state index contributed by atoms with van der Waals surface area (Å²) in [6, 6.07) is 3.01. The molecule has 0 atom stereocenters. The molecule has 1 aliphatic rings. The number of hydrogen-bond donors (Lipinski definition) is 1. The maximum atomic E-state index is 5.22. The van der Waals surface area contributed by atoms with Crippen LogP contribution in [-0.4, -0.2) is 58.0 Å². The lowest BCUT2D eigenvalue weighted by atomic mass is 9.81. The van der Waals surface area contributed by atoms with Gasteiger partial charge in [-0.25, -0.2) is 4.98 Å². The van der Waals surface area contributed by atoms with E-state index in [1.165, 1.54) is 42.2 Å². The molecule has 0 bridgehead atoms. The Balaban J connectivity index is 1.50. The van der Waals surface area contributed by atoms with Gasteiger partial charge >= 0.3 is 0 Å². The molecule has 27 heavy (non-hydrogen) atoms. The van der Waals surface area contributed by atoms with E-state index in [2.05, 4.69) is 40.5 Å². The van der Waals surface area contributed by atoms with Crippen molar-refractivity contribution < 1.29 is 4.74 Å². The summed E-state index contributed by atoms with van der Waals surface area (Å²) in [5.74, 6) is 0.602. The quantitative estimate of drug-likeness (QED) is 0.724. The Morgan fingerprint density at radius 1 is 1.26 bits per heavy atom. The van der Waals surface area contributed by atoms with Crippen LogP contribution in [-0.2, 0) is 11.8 Å². The molecule has 1 N–H and O–H groups in total. The molecule has 0 radical (unpaired) electrons. The monoisotopic (exact) mass is 367 g/mol. The molecule has 4 rings (SSSR count). The van der Waals surface area contributed by atoms with E-state index in [4.69, 9.17) is 9.72 Å². The highest BCUT2D eigenvalue weighted by Crippen LogP contribution is 2.36. The molecule has 3 aromatic rings. The third-order valence-corrected chi connectivity index (χ3v) is 6.01. The van der Waals surface area contributed by atoms with Crippen LogP contribution in [0.3, 0.4) is 0 Å². The molecule has 1 saturated carbocycles. The van der Waals surface area contributed by atoms with Gasteiger partial charge in [0.05, 0.1) is 12.8 Å². The number of aromatic nitrogens is 4. The minimum absolute atomic E-state index is 0.602. The van der Waals surface area contributed by atoms with Gasteiger partial charge in [0.2, 0.25) is 0 Å². The summed E-state index contributed by atoms with van der Waals surface area (Å²) in [5, 5.41) is 5.50. The normalized spacial score (nSPS) is 20.6. The van der Waals surface area contributed by atoms with Crippen LogP contribution in [0, 0.1) is 0 Å². The third-order valence-electron chi connectivity index (χ3n) is 6.01. The Kier molecular flexibility index (Phi) is 5.27. The lowest BCUT2D eigenvalue weighted by molar-refractivity contribution is 0.120. The van der Waals surface area contributed by atoms with Gasteiger partial charge in [0, 0.05) is 61.8 Å². The Bertz CT molecular complexity index is 891. The van der Waals surface area contributed by atoms with Crippen molar-refractivity contribution in [1.82, 2.24) is 24.6 Å². The number of rotatable bonds is 6. The van der Waals surface area contributed by atoms with Crippen molar-refractivity contribution in [3.63, 3.8) is 0 Å². The average molecular weight is 367 g/mol. The number of fused-ring (bicyclic) bond motifs is 1. The van der Waals surface area contributed by atoms with Gasteiger partial charge in [0.15, 0.2) is 0 Å². The molecular weight excluding hydrogens is 338 g/mol. The van der Waals surface area contributed by atoms with Crippen molar-refractivity contribution >= 4 is 11.0 Å². The second-order valence-corrected chi connectivity index (χ2v) is 7.75. The van der Waals surface area contributed by atoms with Crippen molar-refractivity contribution in [1.29, 1.82) is 0 Å². The summed E-state index contributed by atoms with van der Waals surface area (Å²) >= 11 is 0. The number of H-pyrrole nitrogens is 1. The van der Waals surface area contributed by atoms with E-state index < -0.39 is 0 Å². The van der Waals surface area contributed by atoms with E-state index in [1.807, 2.05) is 24.1 Å². The van der Waals surface area contributed by atoms with E-state index >= 15 is 0 Å². The molecule has 0 amide bonds. The Morgan fingerprint density at radius 3 is 2.78 bits per heavy atom. The van der Waals surface area contributed by atoms with Gasteiger partial charge in [-0.15, -0.1) is 0 Å². The van der Waals surface area contributed by atoms with Crippen LogP contribution in [0.2, 0.25) is 0 Å². The van der Waals surface area contributed by atoms with Crippen LogP contribution in [0.1, 0.15) is 37.2 Å². The predicted molar refractivity (Wildman–Crippen MR) is 108 cm³/mol. The molecular formula is C21H29N5O. The smallest absolute Gasteiger partial charge is 0.137 e. The van der Waals surface area contributed by atoms with E-state index in [9.17, 15) is 0 Å². The van der Waals surface area contributed by atoms with Gasteiger partial charge in [-0.3, -0.25) is 4.68 Å². The predicted octanol–water partition coefficient (Wildman–Crippen LogP) is 3.57. The Hall–Kier alpha value is -2.18. The maximum absolute atomic E-state index is 5.22. The maximum Gasteiger partial charge on any atom is 0.137 e. The number of methoxy groups -OCH3 is 1. The highest BCUT2D eigenvalue weighted by atomic mass is 16.5. The molecule has 0 unspecified atom stereocenters. The van der Waals surface area contributed by atoms with Crippen molar-refractivity contribution in [3.05, 3.63) is 36.4 Å². The molecule has 144 valence electrons. The van der Waals surface area contributed by atoms with E-state index in [0.29, 0.717) is 12.0 Å². The SMILES string of the molecule is COCCN(C)[C@H]1CC[C@@H](c2cnc3[nH]cc(-c4cnn(C)c4)c3c2)CC1. The number of aryl methyl sites for hydroxylation is 1. The van der Waals surface area contributed by atoms with Crippen LogP contribution in [0.15, 0.2) is 30.9 Å². The van der Waals surface area contributed by atoms with Crippen molar-refractivity contribution in [2.45, 2.75) is 37.6 Å². The molecule has 1 fully saturated rings. The molecule has 6 heteroatoms. The zero-order valence-electron chi connectivity index (χ0n) is 16.5. The minimum atomic E-state index is 0.602. The van der Waals surface area contributed by atoms with Crippen LogP contribution >= 0.6 is 0 Å². The Morgan fingerprint density at radius 2 is 2.07 bits per heavy atom. The summed E-state index contributed by atoms with van der Waals surface area (Å²) < 4.78 is 7.06. The van der Waals surface area contributed by atoms with Crippen molar-refractivity contribution in [2.24, 2.45) is 7.05 Å². The van der Waals surface area contributed by atoms with Crippen molar-refractivity contribution in [3.8, 4) is 11.1 Å². The summed E-state index contributed by atoms with van der Waals surface area (Å²) in [4.78, 5) is 10.4. The summed E-state index contributed by atoms with van der Waals surface area (Å²) in [5.41, 5.74) is 4.63. The van der Waals surface area contributed by atoms with Gasteiger partial charge in [-0.05, 0) is 50.3 Å². The number of ether oxygens (including phenoxy) is 1. The average Bonchev–Trinajstić information content (AvgIpc) is 3.31. The van der Waals surface area contributed by atoms with Gasteiger partial charge in [0.25, 0.3) is 0 Å². The molecule has 0 saturated heterocycles. The minimum Gasteiger partial charge on any atom is -0.383 e. The van der Waals surface area contributed by atoms with Crippen molar-refractivity contribution in [2.75, 3.05) is 27.3 Å². The molecule has 0 spiro atoms. The number of nitrogens with one attached hydrogen (secondary N) is 1. The van der Waals surface area contributed by atoms with Gasteiger partial charge in [-0.2, -0.15) is 5.10 Å². The summed E-state index contributed by atoms with van der Waals surface area (Å²) in [7, 11) is 5.94. The summed E-state index contributed by atoms with van der Waals surface area (Å²) in [6.45, 7) is 1.82. The van der Waals surface area contributed by atoms with Crippen LogP contribution in [0.25, 0.3) is 22.2 Å². The first-order valence-corrected chi connectivity index (χ1v) is 9.81. The van der Waals surface area contributed by atoms with Crippen LogP contribution in [0.5, 0.6) is 0 Å². The lowest BCUT2D eigenvalue weighted by Crippen LogP contribution is -2.36. The van der Waals surface area contributed by atoms with Gasteiger partial charge in [0.1, 0.15) is 5.65 Å². The number of nitrogens with zero attached hydrogens (tertiary/aromatic N) is 4. The highest BCUT2D eigenvalue weighted by Gasteiger charge is 2.25. The first kappa shape index (κ1) is 18.2. The van der Waals surface area contributed by atoms with Gasteiger partial charge in [-0.1, -0.05) is 0 Å². The highest BCUT2D eigenvalue weighted by molar-refractivity contribution is 5.93. The molecule has 3 aromatic heterocycles. The standard InChI is InChI=1S/C21H29N5O/c1-25(8-9-27-3)18-6-4-15(5-7-18)16-10-19-20(13-23-21(19)22-11-16)17-12-24-26(2)14-17/h10-15,18H,4-9H2,1-3H3,(H,22,23)/t15-,18+. The van der Waals surface area contributed by atoms with E-state index in [1.54, 1.807) is 7.11 Å². The largest absolute Gasteiger partial charge is 0.383 e.